The SMILES string of the molecule is Fc1cc(-c2ccc(P)cc2)ccc1P. The lowest BCUT2D eigenvalue weighted by Crippen LogP contribution is -1.97. The zero-order valence-corrected chi connectivity index (χ0v) is 10.4. The van der Waals surface area contributed by atoms with Crippen LogP contribution in [0.25, 0.3) is 11.1 Å². The minimum atomic E-state index is -0.188. The van der Waals surface area contributed by atoms with Gasteiger partial charge in [-0.2, -0.15) is 0 Å². The van der Waals surface area contributed by atoms with Gasteiger partial charge >= 0.3 is 0 Å². The first-order valence-corrected chi connectivity index (χ1v) is 5.73. The molecule has 0 aromatic heterocycles. The molecule has 0 saturated carbocycles. The van der Waals surface area contributed by atoms with E-state index in [1.54, 1.807) is 12.1 Å². The first kappa shape index (κ1) is 10.7. The van der Waals surface area contributed by atoms with Gasteiger partial charge in [-0.3, -0.25) is 0 Å². The third kappa shape index (κ3) is 2.43. The Morgan fingerprint density at radius 3 is 2.00 bits per heavy atom. The molecule has 2 rings (SSSR count). The van der Waals surface area contributed by atoms with E-state index >= 15 is 0 Å². The molecule has 2 aromatic rings. The molecule has 0 aliphatic heterocycles. The summed E-state index contributed by atoms with van der Waals surface area (Å²) in [7, 11) is 5.00. The smallest absolute Gasteiger partial charge is 0.130 e. The topological polar surface area (TPSA) is 0 Å². The van der Waals surface area contributed by atoms with Crippen molar-refractivity contribution in [3.63, 3.8) is 0 Å². The van der Waals surface area contributed by atoms with Crippen molar-refractivity contribution in [2.75, 3.05) is 0 Å². The molecule has 0 amide bonds. The molecule has 0 N–H and O–H groups in total. The molecule has 2 unspecified atom stereocenters. The van der Waals surface area contributed by atoms with Crippen LogP contribution in [-0.4, -0.2) is 0 Å². The van der Waals surface area contributed by atoms with Crippen LogP contribution in [0.1, 0.15) is 0 Å². The summed E-state index contributed by atoms with van der Waals surface area (Å²) in [5, 5.41) is 1.73. The van der Waals surface area contributed by atoms with Gasteiger partial charge in [0.15, 0.2) is 0 Å². The van der Waals surface area contributed by atoms with Crippen molar-refractivity contribution < 1.29 is 4.39 Å². The Morgan fingerprint density at radius 2 is 1.40 bits per heavy atom. The van der Waals surface area contributed by atoms with Gasteiger partial charge < -0.3 is 0 Å². The summed E-state index contributed by atoms with van der Waals surface area (Å²) >= 11 is 0. The molecule has 15 heavy (non-hydrogen) atoms. The van der Waals surface area contributed by atoms with Gasteiger partial charge in [0.2, 0.25) is 0 Å². The molecule has 76 valence electrons. The lowest BCUT2D eigenvalue weighted by Gasteiger charge is -2.03. The van der Waals surface area contributed by atoms with Crippen LogP contribution in [0.15, 0.2) is 42.5 Å². The maximum Gasteiger partial charge on any atom is 0.130 e. The van der Waals surface area contributed by atoms with E-state index in [-0.39, 0.29) is 5.82 Å². The van der Waals surface area contributed by atoms with Crippen molar-refractivity contribution in [3.8, 4) is 11.1 Å². The van der Waals surface area contributed by atoms with E-state index in [0.29, 0.717) is 5.30 Å². The summed E-state index contributed by atoms with van der Waals surface area (Å²) in [5.74, 6) is -0.188. The largest absolute Gasteiger partial charge is 0.206 e. The third-order valence-corrected chi connectivity index (χ3v) is 3.10. The highest BCUT2D eigenvalue weighted by atomic mass is 31.0. The molecule has 0 spiro atoms. The Hall–Kier alpha value is -0.770. The van der Waals surface area contributed by atoms with Crippen molar-refractivity contribution in [1.82, 2.24) is 0 Å². The maximum absolute atomic E-state index is 13.3. The van der Waals surface area contributed by atoms with Crippen LogP contribution in [-0.2, 0) is 0 Å². The average Bonchev–Trinajstić information content (AvgIpc) is 2.23. The number of halogens is 1. The Balaban J connectivity index is 2.45. The summed E-state index contributed by atoms with van der Waals surface area (Å²) in [5.41, 5.74) is 1.94. The van der Waals surface area contributed by atoms with Crippen LogP contribution in [0.2, 0.25) is 0 Å². The molecule has 0 bridgehead atoms. The van der Waals surface area contributed by atoms with E-state index in [1.807, 2.05) is 30.3 Å². The molecule has 0 aliphatic rings. The Kier molecular flexibility index (Phi) is 3.14. The third-order valence-electron chi connectivity index (χ3n) is 2.24. The van der Waals surface area contributed by atoms with Crippen molar-refractivity contribution in [1.29, 1.82) is 0 Å². The molecule has 0 fully saturated rings. The first-order chi connectivity index (χ1) is 7.16. The molecule has 0 radical (unpaired) electrons. The fourth-order valence-electron chi connectivity index (χ4n) is 1.38. The van der Waals surface area contributed by atoms with Crippen molar-refractivity contribution in [3.05, 3.63) is 48.3 Å². The van der Waals surface area contributed by atoms with E-state index in [4.69, 9.17) is 0 Å². The highest BCUT2D eigenvalue weighted by molar-refractivity contribution is 7.27. The lowest BCUT2D eigenvalue weighted by molar-refractivity contribution is 0.637. The quantitative estimate of drug-likeness (QED) is 0.667. The van der Waals surface area contributed by atoms with Gasteiger partial charge in [-0.15, -0.1) is 18.5 Å². The van der Waals surface area contributed by atoms with Crippen LogP contribution < -0.4 is 10.6 Å². The molecular weight excluding hydrogens is 225 g/mol. The number of benzene rings is 2. The van der Waals surface area contributed by atoms with E-state index in [9.17, 15) is 4.39 Å². The van der Waals surface area contributed by atoms with Gasteiger partial charge in [0, 0.05) is 5.30 Å². The molecule has 2 aromatic carbocycles. The van der Waals surface area contributed by atoms with Gasteiger partial charge in [-0.05, 0) is 22.5 Å². The fourth-order valence-corrected chi connectivity index (χ4v) is 1.75. The molecule has 0 aliphatic carbocycles. The Bertz CT molecular complexity index is 477. The molecule has 0 nitrogen and oxygen atoms in total. The van der Waals surface area contributed by atoms with E-state index in [2.05, 4.69) is 18.5 Å². The van der Waals surface area contributed by atoms with Gasteiger partial charge in [0.05, 0.1) is 0 Å². The Morgan fingerprint density at radius 1 is 0.800 bits per heavy atom. The zero-order valence-electron chi connectivity index (χ0n) is 8.07. The van der Waals surface area contributed by atoms with Gasteiger partial charge in [-0.1, -0.05) is 36.4 Å². The molecule has 3 heteroatoms. The fraction of sp³-hybridized carbons (Fsp3) is 0. The predicted molar refractivity (Wildman–Crippen MR) is 70.5 cm³/mol. The van der Waals surface area contributed by atoms with E-state index in [0.717, 1.165) is 16.4 Å². The minimum absolute atomic E-state index is 0.188. The summed E-state index contributed by atoms with van der Waals surface area (Å²) in [6, 6.07) is 13.2. The zero-order chi connectivity index (χ0) is 10.8. The van der Waals surface area contributed by atoms with Crippen LogP contribution >= 0.6 is 18.5 Å². The molecule has 2 atom stereocenters. The van der Waals surface area contributed by atoms with Gasteiger partial charge in [0.25, 0.3) is 0 Å². The first-order valence-electron chi connectivity index (χ1n) is 4.58. The van der Waals surface area contributed by atoms with Crippen molar-refractivity contribution >= 4 is 29.1 Å². The predicted octanol–water partition coefficient (Wildman–Crippen LogP) is 2.49. The summed E-state index contributed by atoms with van der Waals surface area (Å²) in [6.07, 6.45) is 0. The molecule has 0 saturated heterocycles. The number of hydrogen-bond donors (Lipinski definition) is 0. The summed E-state index contributed by atoms with van der Waals surface area (Å²) in [4.78, 5) is 0. The highest BCUT2D eigenvalue weighted by Gasteiger charge is 2.01. The van der Waals surface area contributed by atoms with Gasteiger partial charge in [-0.25, -0.2) is 4.39 Å². The van der Waals surface area contributed by atoms with Crippen LogP contribution in [0.4, 0.5) is 4.39 Å². The van der Waals surface area contributed by atoms with E-state index in [1.165, 1.54) is 0 Å². The van der Waals surface area contributed by atoms with E-state index < -0.39 is 0 Å². The highest BCUT2D eigenvalue weighted by Crippen LogP contribution is 2.19. The van der Waals surface area contributed by atoms with Crippen LogP contribution in [0.5, 0.6) is 0 Å². The van der Waals surface area contributed by atoms with Crippen molar-refractivity contribution in [2.24, 2.45) is 0 Å². The summed E-state index contributed by atoms with van der Waals surface area (Å²) < 4.78 is 13.3. The van der Waals surface area contributed by atoms with Crippen molar-refractivity contribution in [2.45, 2.75) is 0 Å². The van der Waals surface area contributed by atoms with Crippen LogP contribution in [0.3, 0.4) is 0 Å². The second kappa shape index (κ2) is 4.39. The van der Waals surface area contributed by atoms with Crippen LogP contribution in [0, 0.1) is 5.82 Å². The number of rotatable bonds is 1. The second-order valence-corrected chi connectivity index (χ2v) is 4.65. The lowest BCUT2D eigenvalue weighted by atomic mass is 10.1. The van der Waals surface area contributed by atoms with Gasteiger partial charge in [0.1, 0.15) is 5.82 Å². The maximum atomic E-state index is 13.3. The second-order valence-electron chi connectivity index (χ2n) is 3.36. The minimum Gasteiger partial charge on any atom is -0.206 e. The molecular formula is C12H11FP2. The number of hydrogen-bond acceptors (Lipinski definition) is 0. The monoisotopic (exact) mass is 236 g/mol. The summed E-state index contributed by atoms with van der Waals surface area (Å²) in [6.45, 7) is 0. The molecule has 0 heterocycles. The standard InChI is InChI=1S/C12H11FP2/c13-11-7-9(3-6-12(11)15)8-1-4-10(14)5-2-8/h1-7H,14-15H2. The normalized spacial score (nSPS) is 10.3. The average molecular weight is 236 g/mol. The Labute approximate surface area is 93.3 Å².